The van der Waals surface area contributed by atoms with Crippen LogP contribution in [0.1, 0.15) is 34.1 Å². The summed E-state index contributed by atoms with van der Waals surface area (Å²) in [6, 6.07) is 2.93. The third kappa shape index (κ3) is 5.33. The average Bonchev–Trinajstić information content (AvgIpc) is 2.64. The van der Waals surface area contributed by atoms with Crippen molar-refractivity contribution in [1.29, 1.82) is 0 Å². The first-order valence-electron chi connectivity index (χ1n) is 10.0. The summed E-state index contributed by atoms with van der Waals surface area (Å²) in [4.78, 5) is 27.1. The standard InChI is InChI=1S/C21H31F2N3O4/c1-12(2)13(20(29)30)8-17(27)15(24)9-25-10-18(28)26(11-21(25,3)4)16-7-5-6-14(22)19(16)23/h5-7,12-13,15,17,27H,8-11,24H2,1-4H3,(H,29,30)/t13-,15-,17-/m0/s1. The average molecular weight is 427 g/mol. The van der Waals surface area contributed by atoms with Crippen molar-refractivity contribution in [3.05, 3.63) is 29.8 Å². The Morgan fingerprint density at radius 3 is 2.50 bits per heavy atom. The Bertz CT molecular complexity index is 788. The third-order valence-corrected chi connectivity index (χ3v) is 5.79. The van der Waals surface area contributed by atoms with Crippen LogP contribution in [0, 0.1) is 23.5 Å². The number of carbonyl (C=O) groups excluding carboxylic acids is 1. The maximum absolute atomic E-state index is 14.2. The molecule has 1 amide bonds. The molecule has 0 saturated carbocycles. The molecule has 1 aromatic rings. The maximum Gasteiger partial charge on any atom is 0.306 e. The number of anilines is 1. The maximum atomic E-state index is 14.2. The molecule has 1 saturated heterocycles. The summed E-state index contributed by atoms with van der Waals surface area (Å²) in [5, 5.41) is 19.8. The first-order valence-corrected chi connectivity index (χ1v) is 10.0. The number of halogens is 2. The Morgan fingerprint density at radius 2 is 1.93 bits per heavy atom. The topological polar surface area (TPSA) is 107 Å². The number of piperazine rings is 1. The van der Waals surface area contributed by atoms with E-state index in [1.54, 1.807) is 18.7 Å². The minimum atomic E-state index is -1.07. The summed E-state index contributed by atoms with van der Waals surface area (Å²) in [6.45, 7) is 7.40. The van der Waals surface area contributed by atoms with Crippen LogP contribution in [0.4, 0.5) is 14.5 Å². The number of benzene rings is 1. The second-order valence-electron chi connectivity index (χ2n) is 8.90. The van der Waals surface area contributed by atoms with Gasteiger partial charge in [-0.25, -0.2) is 8.78 Å². The van der Waals surface area contributed by atoms with Crippen LogP contribution in [0.5, 0.6) is 0 Å². The molecule has 0 unspecified atom stereocenters. The van der Waals surface area contributed by atoms with Gasteiger partial charge < -0.3 is 20.8 Å². The molecule has 1 heterocycles. The highest BCUT2D eigenvalue weighted by Crippen LogP contribution is 2.29. The van der Waals surface area contributed by atoms with Crippen LogP contribution < -0.4 is 10.6 Å². The van der Waals surface area contributed by atoms with Crippen LogP contribution >= 0.6 is 0 Å². The van der Waals surface area contributed by atoms with Gasteiger partial charge in [0.2, 0.25) is 5.91 Å². The smallest absolute Gasteiger partial charge is 0.306 e. The number of nitrogens with two attached hydrogens (primary N) is 1. The van der Waals surface area contributed by atoms with Gasteiger partial charge in [0.1, 0.15) is 0 Å². The Balaban J connectivity index is 2.10. The molecule has 4 N–H and O–H groups in total. The Hall–Kier alpha value is -2.10. The quantitative estimate of drug-likeness (QED) is 0.584. The predicted molar refractivity (Wildman–Crippen MR) is 109 cm³/mol. The molecule has 7 nitrogen and oxygen atoms in total. The summed E-state index contributed by atoms with van der Waals surface area (Å²) < 4.78 is 27.8. The largest absolute Gasteiger partial charge is 0.481 e. The van der Waals surface area contributed by atoms with E-state index in [0.29, 0.717) is 0 Å². The normalized spacial score (nSPS) is 20.3. The van der Waals surface area contributed by atoms with E-state index in [0.717, 1.165) is 6.07 Å². The first kappa shape index (κ1) is 24.2. The van der Waals surface area contributed by atoms with E-state index in [4.69, 9.17) is 5.73 Å². The number of aliphatic hydroxyl groups is 1. The SMILES string of the molecule is CC(C)[C@H](C[C@H](O)[C@@H](N)CN1CC(=O)N(c2cccc(F)c2F)CC1(C)C)C(=O)O. The molecule has 0 spiro atoms. The van der Waals surface area contributed by atoms with Gasteiger partial charge in [0.25, 0.3) is 0 Å². The molecule has 3 atom stereocenters. The lowest BCUT2D eigenvalue weighted by molar-refractivity contribution is -0.144. The fourth-order valence-corrected chi connectivity index (χ4v) is 3.74. The molecule has 0 aliphatic carbocycles. The monoisotopic (exact) mass is 427 g/mol. The van der Waals surface area contributed by atoms with Crippen molar-refractivity contribution in [2.75, 3.05) is 24.5 Å². The summed E-state index contributed by atoms with van der Waals surface area (Å²) in [6.07, 6.45) is -1.05. The lowest BCUT2D eigenvalue weighted by Crippen LogP contribution is -2.64. The van der Waals surface area contributed by atoms with Gasteiger partial charge in [0.15, 0.2) is 11.6 Å². The van der Waals surface area contributed by atoms with E-state index in [9.17, 15) is 28.6 Å². The van der Waals surface area contributed by atoms with Crippen LogP contribution in [0.25, 0.3) is 0 Å². The van der Waals surface area contributed by atoms with Crippen LogP contribution in [-0.2, 0) is 9.59 Å². The number of amides is 1. The van der Waals surface area contributed by atoms with Gasteiger partial charge in [-0.2, -0.15) is 0 Å². The molecule has 0 aromatic heterocycles. The van der Waals surface area contributed by atoms with Gasteiger partial charge in [-0.3, -0.25) is 14.5 Å². The molecule has 0 bridgehead atoms. The van der Waals surface area contributed by atoms with Crippen molar-refractivity contribution in [2.45, 2.75) is 51.8 Å². The lowest BCUT2D eigenvalue weighted by atomic mass is 9.87. The van der Waals surface area contributed by atoms with E-state index < -0.39 is 47.1 Å². The summed E-state index contributed by atoms with van der Waals surface area (Å²) in [5.74, 6) is -4.39. The second kappa shape index (κ2) is 9.36. The Morgan fingerprint density at radius 1 is 1.30 bits per heavy atom. The molecule has 1 aliphatic heterocycles. The number of carboxylic acids is 1. The van der Waals surface area contributed by atoms with E-state index in [1.165, 1.54) is 17.0 Å². The minimum Gasteiger partial charge on any atom is -0.481 e. The van der Waals surface area contributed by atoms with Crippen LogP contribution in [-0.4, -0.2) is 64.3 Å². The van der Waals surface area contributed by atoms with Crippen molar-refractivity contribution < 1.29 is 28.6 Å². The number of carboxylic acid groups (broad SMARTS) is 1. The van der Waals surface area contributed by atoms with E-state index >= 15 is 0 Å². The number of aliphatic hydroxyl groups excluding tert-OH is 1. The van der Waals surface area contributed by atoms with Crippen molar-refractivity contribution >= 4 is 17.6 Å². The molecule has 1 aromatic carbocycles. The molecule has 1 aliphatic rings. The third-order valence-electron chi connectivity index (χ3n) is 5.79. The Labute approximate surface area is 175 Å². The molecule has 1 fully saturated rings. The van der Waals surface area contributed by atoms with Crippen molar-refractivity contribution in [1.82, 2.24) is 4.90 Å². The van der Waals surface area contributed by atoms with Gasteiger partial charge in [-0.15, -0.1) is 0 Å². The summed E-state index contributed by atoms with van der Waals surface area (Å²) in [7, 11) is 0. The highest BCUT2D eigenvalue weighted by molar-refractivity contribution is 5.96. The van der Waals surface area contributed by atoms with E-state index in [2.05, 4.69) is 0 Å². The molecule has 0 radical (unpaired) electrons. The lowest BCUT2D eigenvalue weighted by Gasteiger charge is -2.47. The second-order valence-corrected chi connectivity index (χ2v) is 8.90. The summed E-state index contributed by atoms with van der Waals surface area (Å²) >= 11 is 0. The molecule has 30 heavy (non-hydrogen) atoms. The van der Waals surface area contributed by atoms with Crippen molar-refractivity contribution in [3.63, 3.8) is 0 Å². The summed E-state index contributed by atoms with van der Waals surface area (Å²) in [5.41, 5.74) is 5.39. The predicted octanol–water partition coefficient (Wildman–Crippen LogP) is 1.83. The fourth-order valence-electron chi connectivity index (χ4n) is 3.74. The van der Waals surface area contributed by atoms with Gasteiger partial charge in [0.05, 0.1) is 24.3 Å². The molecular formula is C21H31F2N3O4. The van der Waals surface area contributed by atoms with Crippen LogP contribution in [0.2, 0.25) is 0 Å². The van der Waals surface area contributed by atoms with Gasteiger partial charge in [0, 0.05) is 24.7 Å². The van der Waals surface area contributed by atoms with Crippen LogP contribution in [0.3, 0.4) is 0 Å². The first-order chi connectivity index (χ1) is 13.8. The van der Waals surface area contributed by atoms with E-state index in [1.807, 2.05) is 13.8 Å². The zero-order chi connectivity index (χ0) is 22.8. The molecule has 9 heteroatoms. The zero-order valence-electron chi connectivity index (χ0n) is 17.8. The van der Waals surface area contributed by atoms with Gasteiger partial charge >= 0.3 is 5.97 Å². The number of nitrogens with zero attached hydrogens (tertiary/aromatic N) is 2. The number of hydrogen-bond donors (Lipinski definition) is 3. The van der Waals surface area contributed by atoms with Gasteiger partial charge in [-0.1, -0.05) is 19.9 Å². The highest BCUT2D eigenvalue weighted by atomic mass is 19.2. The number of aliphatic carboxylic acids is 1. The minimum absolute atomic E-state index is 0.0109. The molecular weight excluding hydrogens is 396 g/mol. The highest BCUT2D eigenvalue weighted by Gasteiger charge is 2.41. The number of rotatable bonds is 8. The van der Waals surface area contributed by atoms with Crippen molar-refractivity contribution in [2.24, 2.45) is 17.6 Å². The van der Waals surface area contributed by atoms with Crippen molar-refractivity contribution in [3.8, 4) is 0 Å². The van der Waals surface area contributed by atoms with Crippen LogP contribution in [0.15, 0.2) is 18.2 Å². The number of hydrogen-bond acceptors (Lipinski definition) is 5. The number of carbonyl (C=O) groups is 2. The zero-order valence-corrected chi connectivity index (χ0v) is 17.8. The molecule has 2 rings (SSSR count). The van der Waals surface area contributed by atoms with Gasteiger partial charge in [-0.05, 0) is 38.3 Å². The fraction of sp³-hybridized carbons (Fsp3) is 0.619. The Kier molecular flexibility index (Phi) is 7.54. The molecule has 168 valence electrons. The van der Waals surface area contributed by atoms with E-state index in [-0.39, 0.29) is 37.7 Å².